The molecule has 1 saturated heterocycles. The third-order valence-electron chi connectivity index (χ3n) is 6.16. The molecule has 166 valence electrons. The summed E-state index contributed by atoms with van der Waals surface area (Å²) in [6.45, 7) is 6.56. The van der Waals surface area contributed by atoms with Crippen molar-refractivity contribution in [3.05, 3.63) is 51.7 Å². The molecule has 0 unspecified atom stereocenters. The second kappa shape index (κ2) is 9.46. The first-order valence-electron chi connectivity index (χ1n) is 10.8. The van der Waals surface area contributed by atoms with Crippen molar-refractivity contribution in [1.82, 2.24) is 9.80 Å². The van der Waals surface area contributed by atoms with Crippen LogP contribution in [0.3, 0.4) is 0 Å². The van der Waals surface area contributed by atoms with Gasteiger partial charge in [-0.2, -0.15) is 0 Å². The largest absolute Gasteiger partial charge is 0.365 e. The van der Waals surface area contributed by atoms with Crippen LogP contribution in [-0.2, 0) is 24.2 Å². The van der Waals surface area contributed by atoms with Crippen molar-refractivity contribution in [3.63, 3.8) is 0 Å². The molecular weight excluding hydrogens is 415 g/mol. The Morgan fingerprint density at radius 3 is 2.52 bits per heavy atom. The molecule has 4 rings (SSSR count). The van der Waals surface area contributed by atoms with Crippen molar-refractivity contribution >= 4 is 28.2 Å². The Balaban J connectivity index is 1.31. The average molecular weight is 445 g/mol. The van der Waals surface area contributed by atoms with E-state index >= 15 is 0 Å². The lowest BCUT2D eigenvalue weighted by molar-refractivity contribution is -0.117. The van der Waals surface area contributed by atoms with E-state index in [0.717, 1.165) is 63.1 Å². The van der Waals surface area contributed by atoms with Gasteiger partial charge in [0.15, 0.2) is 0 Å². The molecule has 0 spiro atoms. The van der Waals surface area contributed by atoms with E-state index in [0.29, 0.717) is 23.0 Å². The number of piperazine rings is 1. The number of primary amides is 1. The van der Waals surface area contributed by atoms with E-state index in [2.05, 4.69) is 22.0 Å². The Hall–Kier alpha value is -2.29. The average Bonchev–Trinajstić information content (AvgIpc) is 3.08. The van der Waals surface area contributed by atoms with E-state index in [1.807, 2.05) is 12.1 Å². The number of nitrogens with zero attached hydrogens (tertiary/aromatic N) is 2. The first-order valence-corrected chi connectivity index (χ1v) is 11.6. The number of thiophene rings is 1. The molecule has 1 aliphatic heterocycles. The maximum absolute atomic E-state index is 13.1. The number of anilines is 1. The quantitative estimate of drug-likeness (QED) is 0.718. The summed E-state index contributed by atoms with van der Waals surface area (Å²) in [5.74, 6) is -0.209. The molecule has 8 heteroatoms. The maximum atomic E-state index is 13.1. The normalized spacial score (nSPS) is 19.7. The molecule has 2 heterocycles. The second-order valence-corrected chi connectivity index (χ2v) is 9.75. The van der Waals surface area contributed by atoms with Crippen LogP contribution in [-0.4, -0.2) is 54.3 Å². The molecule has 0 radical (unpaired) electrons. The molecule has 1 aromatic carbocycles. The molecule has 31 heavy (non-hydrogen) atoms. The van der Waals surface area contributed by atoms with E-state index in [1.165, 1.54) is 28.3 Å². The number of amides is 2. The van der Waals surface area contributed by atoms with Crippen molar-refractivity contribution < 1.29 is 14.0 Å². The summed E-state index contributed by atoms with van der Waals surface area (Å²) in [6.07, 6.45) is 2.82. The second-order valence-electron chi connectivity index (χ2n) is 8.65. The lowest BCUT2D eigenvalue weighted by atomic mass is 9.88. The van der Waals surface area contributed by atoms with Crippen molar-refractivity contribution in [3.8, 4) is 0 Å². The zero-order valence-corrected chi connectivity index (χ0v) is 18.6. The third-order valence-corrected chi connectivity index (χ3v) is 7.33. The van der Waals surface area contributed by atoms with Gasteiger partial charge in [-0.1, -0.05) is 19.1 Å². The van der Waals surface area contributed by atoms with E-state index < -0.39 is 5.91 Å². The number of rotatable bonds is 6. The number of hydrogen-bond acceptors (Lipinski definition) is 5. The molecule has 2 amide bonds. The number of hydrogen-bond donors (Lipinski definition) is 2. The van der Waals surface area contributed by atoms with Gasteiger partial charge < -0.3 is 11.1 Å². The van der Waals surface area contributed by atoms with Crippen LogP contribution in [0.2, 0.25) is 0 Å². The highest BCUT2D eigenvalue weighted by molar-refractivity contribution is 7.17. The number of fused-ring (bicyclic) bond motifs is 1. The number of carbonyl (C=O) groups excluding carboxylic acids is 2. The molecule has 3 N–H and O–H groups in total. The minimum atomic E-state index is -0.461. The first kappa shape index (κ1) is 21.9. The zero-order valence-electron chi connectivity index (χ0n) is 17.8. The Morgan fingerprint density at radius 1 is 1.16 bits per heavy atom. The van der Waals surface area contributed by atoms with E-state index in [-0.39, 0.29) is 11.7 Å². The number of carbonyl (C=O) groups is 2. The summed E-state index contributed by atoms with van der Waals surface area (Å²) in [5.41, 5.74) is 8.26. The summed E-state index contributed by atoms with van der Waals surface area (Å²) in [7, 11) is 0. The summed E-state index contributed by atoms with van der Waals surface area (Å²) in [4.78, 5) is 30.3. The molecule has 1 atom stereocenters. The van der Waals surface area contributed by atoms with Gasteiger partial charge in [-0.3, -0.25) is 19.4 Å². The summed E-state index contributed by atoms with van der Waals surface area (Å²) >= 11 is 1.50. The fraction of sp³-hybridized carbons (Fsp3) is 0.478. The lowest BCUT2D eigenvalue weighted by Crippen LogP contribution is -2.48. The molecule has 0 saturated carbocycles. The van der Waals surface area contributed by atoms with Gasteiger partial charge in [-0.25, -0.2) is 4.39 Å². The first-order chi connectivity index (χ1) is 14.9. The fourth-order valence-electron chi connectivity index (χ4n) is 4.42. The molecule has 6 nitrogen and oxygen atoms in total. The highest BCUT2D eigenvalue weighted by atomic mass is 32.1. The maximum Gasteiger partial charge on any atom is 0.251 e. The minimum Gasteiger partial charge on any atom is -0.365 e. The van der Waals surface area contributed by atoms with Crippen LogP contribution in [0.5, 0.6) is 0 Å². The summed E-state index contributed by atoms with van der Waals surface area (Å²) in [6, 6.07) is 6.60. The standard InChI is InChI=1S/C23H29FN4O2S/c1-15-2-7-18-19(12-15)31-23(21(18)22(25)30)26-20(29)14-28-10-8-27(9-11-28)13-16-3-5-17(24)6-4-16/h3-6,15H,2,7-14H2,1H3,(H2,25,30)(H,26,29)/t15-/m1/s1. The predicted octanol–water partition coefficient (Wildman–Crippen LogP) is 2.87. The number of nitrogens with one attached hydrogen (secondary N) is 1. The SMILES string of the molecule is C[C@@H]1CCc2c(sc(NC(=O)CN3CCN(Cc4ccc(F)cc4)CC3)c2C(N)=O)C1. The Labute approximate surface area is 186 Å². The van der Waals surface area contributed by atoms with Crippen LogP contribution in [0.25, 0.3) is 0 Å². The molecule has 1 aliphatic carbocycles. The van der Waals surface area contributed by atoms with Crippen molar-refractivity contribution in [1.29, 1.82) is 0 Å². The number of nitrogens with two attached hydrogens (primary N) is 1. The topological polar surface area (TPSA) is 78.7 Å². The number of halogens is 1. The fourth-order valence-corrected chi connectivity index (χ4v) is 5.85. The van der Waals surface area contributed by atoms with Gasteiger partial charge in [-0.15, -0.1) is 11.3 Å². The Kier molecular flexibility index (Phi) is 6.69. The van der Waals surface area contributed by atoms with Crippen LogP contribution in [0, 0.1) is 11.7 Å². The molecule has 2 aromatic rings. The van der Waals surface area contributed by atoms with Crippen molar-refractivity contribution in [2.75, 3.05) is 38.0 Å². The van der Waals surface area contributed by atoms with Gasteiger partial charge in [0.25, 0.3) is 5.91 Å². The smallest absolute Gasteiger partial charge is 0.251 e. The van der Waals surface area contributed by atoms with E-state index in [4.69, 9.17) is 5.73 Å². The van der Waals surface area contributed by atoms with Crippen LogP contribution in [0.4, 0.5) is 9.39 Å². The Bertz CT molecular complexity index is 951. The monoisotopic (exact) mass is 444 g/mol. The van der Waals surface area contributed by atoms with Crippen LogP contribution >= 0.6 is 11.3 Å². The highest BCUT2D eigenvalue weighted by Crippen LogP contribution is 2.39. The zero-order chi connectivity index (χ0) is 22.0. The molecular formula is C23H29FN4O2S. The molecule has 1 aromatic heterocycles. The molecule has 1 fully saturated rings. The van der Waals surface area contributed by atoms with Gasteiger partial charge in [0.1, 0.15) is 10.8 Å². The van der Waals surface area contributed by atoms with E-state index in [1.54, 1.807) is 0 Å². The minimum absolute atomic E-state index is 0.110. The van der Waals surface area contributed by atoms with Crippen LogP contribution < -0.4 is 11.1 Å². The van der Waals surface area contributed by atoms with Gasteiger partial charge >= 0.3 is 0 Å². The predicted molar refractivity (Wildman–Crippen MR) is 121 cm³/mol. The number of benzene rings is 1. The van der Waals surface area contributed by atoms with Crippen molar-refractivity contribution in [2.45, 2.75) is 32.7 Å². The summed E-state index contributed by atoms with van der Waals surface area (Å²) in [5, 5.41) is 3.56. The molecule has 2 aliphatic rings. The van der Waals surface area contributed by atoms with Crippen LogP contribution in [0.1, 0.15) is 39.7 Å². The van der Waals surface area contributed by atoms with E-state index in [9.17, 15) is 14.0 Å². The van der Waals surface area contributed by atoms with Gasteiger partial charge in [0.05, 0.1) is 12.1 Å². The lowest BCUT2D eigenvalue weighted by Gasteiger charge is -2.34. The Morgan fingerprint density at radius 2 is 1.84 bits per heavy atom. The summed E-state index contributed by atoms with van der Waals surface area (Å²) < 4.78 is 13.1. The third kappa shape index (κ3) is 5.31. The van der Waals surface area contributed by atoms with Gasteiger partial charge in [0, 0.05) is 37.6 Å². The highest BCUT2D eigenvalue weighted by Gasteiger charge is 2.28. The van der Waals surface area contributed by atoms with Gasteiger partial charge in [-0.05, 0) is 48.4 Å². The van der Waals surface area contributed by atoms with Crippen LogP contribution in [0.15, 0.2) is 24.3 Å². The molecule has 0 bridgehead atoms. The van der Waals surface area contributed by atoms with Gasteiger partial charge in [0.2, 0.25) is 5.91 Å². The van der Waals surface area contributed by atoms with Crippen molar-refractivity contribution in [2.24, 2.45) is 11.7 Å².